The van der Waals surface area contributed by atoms with Crippen LogP contribution in [0.1, 0.15) is 52.1 Å². The molecular formula is C31H23ClF3N3O5S. The smallest absolute Gasteiger partial charge is 0.489 e. The lowest BCUT2D eigenvalue weighted by atomic mass is 9.90. The summed E-state index contributed by atoms with van der Waals surface area (Å²) in [5.41, 5.74) is 3.03. The molecule has 0 amide bonds. The van der Waals surface area contributed by atoms with Crippen LogP contribution in [0.2, 0.25) is 5.02 Å². The number of benzene rings is 3. The van der Waals surface area contributed by atoms with Crippen molar-refractivity contribution in [1.29, 1.82) is 0 Å². The molecule has 1 aliphatic carbocycles. The van der Waals surface area contributed by atoms with Crippen molar-refractivity contribution in [1.82, 2.24) is 9.53 Å². The van der Waals surface area contributed by atoms with Crippen molar-refractivity contribution < 1.29 is 37.1 Å². The van der Waals surface area contributed by atoms with E-state index >= 15 is 0 Å². The van der Waals surface area contributed by atoms with E-state index in [1.165, 1.54) is 29.7 Å². The fourth-order valence-corrected chi connectivity index (χ4v) is 6.59. The van der Waals surface area contributed by atoms with Gasteiger partial charge in [-0.25, -0.2) is 4.79 Å². The lowest BCUT2D eigenvalue weighted by Gasteiger charge is -2.41. The first-order valence-corrected chi connectivity index (χ1v) is 14.9. The second-order valence-electron chi connectivity index (χ2n) is 10.8. The van der Waals surface area contributed by atoms with Gasteiger partial charge in [-0.1, -0.05) is 35.0 Å². The second kappa shape index (κ2) is 11.0. The molecule has 44 heavy (non-hydrogen) atoms. The van der Waals surface area contributed by atoms with Crippen LogP contribution < -0.4 is 14.4 Å². The molecule has 1 N–H and O–H groups in total. The van der Waals surface area contributed by atoms with E-state index in [1.807, 2.05) is 24.3 Å². The Balaban J connectivity index is 1.05. The van der Waals surface area contributed by atoms with E-state index in [-0.39, 0.29) is 41.1 Å². The molecule has 3 heterocycles. The summed E-state index contributed by atoms with van der Waals surface area (Å²) in [4.78, 5) is 13.5. The molecule has 0 spiro atoms. The van der Waals surface area contributed by atoms with E-state index in [4.69, 9.17) is 20.9 Å². The number of hydrogen-bond donors (Lipinski definition) is 1. The summed E-state index contributed by atoms with van der Waals surface area (Å²) in [5, 5.41) is 14.6. The normalized spacial score (nSPS) is 15.4. The highest BCUT2D eigenvalue weighted by Crippen LogP contribution is 2.46. The monoisotopic (exact) mass is 641 g/mol. The van der Waals surface area contributed by atoms with Crippen molar-refractivity contribution in [2.45, 2.75) is 37.6 Å². The Morgan fingerprint density at radius 3 is 2.61 bits per heavy atom. The topological polar surface area (TPSA) is 97.9 Å². The molecule has 1 saturated heterocycles. The first-order chi connectivity index (χ1) is 21.1. The number of halogens is 4. The summed E-state index contributed by atoms with van der Waals surface area (Å²) in [7, 11) is 0. The average Bonchev–Trinajstić information content (AvgIpc) is 3.56. The van der Waals surface area contributed by atoms with Crippen LogP contribution in [0.4, 0.5) is 18.9 Å². The Morgan fingerprint density at radius 2 is 1.89 bits per heavy atom. The number of ether oxygens (including phenoxy) is 2. The largest absolute Gasteiger partial charge is 0.573 e. The number of aromatic carboxylic acids is 1. The van der Waals surface area contributed by atoms with Crippen molar-refractivity contribution >= 4 is 44.9 Å². The molecule has 1 saturated carbocycles. The highest BCUT2D eigenvalue weighted by molar-refractivity contribution is 7.13. The number of hydrogen-bond acceptors (Lipinski definition) is 8. The summed E-state index contributed by atoms with van der Waals surface area (Å²) >= 11 is 7.86. The SMILES string of the molecule is O=C(O)c1nsc2cc(N3CC(c4ccc(OCc5c(-c6ccccc6OC(F)(F)F)noc5C5CC5)cc4Cl)C3)ccc12. The van der Waals surface area contributed by atoms with Crippen LogP contribution in [0.15, 0.2) is 65.2 Å². The van der Waals surface area contributed by atoms with Crippen LogP contribution >= 0.6 is 23.1 Å². The van der Waals surface area contributed by atoms with Crippen molar-refractivity contribution in [2.24, 2.45) is 0 Å². The lowest BCUT2D eigenvalue weighted by molar-refractivity contribution is -0.274. The van der Waals surface area contributed by atoms with Crippen molar-refractivity contribution in [2.75, 3.05) is 18.0 Å². The summed E-state index contributed by atoms with van der Waals surface area (Å²) in [6.07, 6.45) is -3.04. The predicted molar refractivity (Wildman–Crippen MR) is 158 cm³/mol. The predicted octanol–water partition coefficient (Wildman–Crippen LogP) is 8.26. The molecule has 0 atom stereocenters. The zero-order valence-corrected chi connectivity index (χ0v) is 24.4. The maximum absolute atomic E-state index is 13.1. The van der Waals surface area contributed by atoms with Gasteiger partial charge in [0.1, 0.15) is 29.6 Å². The Bertz CT molecular complexity index is 1880. The van der Waals surface area contributed by atoms with Crippen LogP contribution in [0.5, 0.6) is 11.5 Å². The highest BCUT2D eigenvalue weighted by atomic mass is 35.5. The lowest BCUT2D eigenvalue weighted by Crippen LogP contribution is -2.45. The molecule has 7 rings (SSSR count). The minimum absolute atomic E-state index is 0.0293. The number of aromatic nitrogens is 2. The summed E-state index contributed by atoms with van der Waals surface area (Å²) in [5.74, 6) is 0.0500. The van der Waals surface area contributed by atoms with Gasteiger partial charge in [-0.05, 0) is 72.4 Å². The van der Waals surface area contributed by atoms with E-state index < -0.39 is 12.3 Å². The molecule has 2 fully saturated rings. The van der Waals surface area contributed by atoms with Gasteiger partial charge in [0.2, 0.25) is 0 Å². The van der Waals surface area contributed by atoms with Crippen molar-refractivity contribution in [3.8, 4) is 22.8 Å². The molecule has 8 nitrogen and oxygen atoms in total. The van der Waals surface area contributed by atoms with Gasteiger partial charge in [0.15, 0.2) is 5.69 Å². The molecule has 226 valence electrons. The summed E-state index contributed by atoms with van der Waals surface area (Å²) in [6, 6.07) is 17.0. The number of para-hydroxylation sites is 1. The van der Waals surface area contributed by atoms with E-state index in [0.29, 0.717) is 27.5 Å². The molecular weight excluding hydrogens is 619 g/mol. The number of rotatable bonds is 9. The minimum Gasteiger partial charge on any atom is -0.489 e. The van der Waals surface area contributed by atoms with Gasteiger partial charge in [-0.15, -0.1) is 13.2 Å². The fraction of sp³-hybridized carbons (Fsp3) is 0.258. The quantitative estimate of drug-likeness (QED) is 0.172. The first-order valence-electron chi connectivity index (χ1n) is 13.8. The van der Waals surface area contributed by atoms with Gasteiger partial charge in [-0.2, -0.15) is 4.37 Å². The second-order valence-corrected chi connectivity index (χ2v) is 12.0. The standard InChI is InChI=1S/C31H23ClF3N3O5S/c32-24-12-19(8-10-20(24)17-13-38(14-17)18-7-9-22-26(11-18)44-37-28(22)30(39)40)41-15-23-27(36-43-29(23)16-5-6-16)21-3-1-2-4-25(21)42-31(33,34)35/h1-4,7-12,16-17H,5-6,13-15H2,(H,39,40). The zero-order chi connectivity index (χ0) is 30.6. The minimum atomic E-state index is -4.85. The fourth-order valence-electron chi connectivity index (χ4n) is 5.46. The Hall–Kier alpha value is -4.29. The molecule has 0 unspecified atom stereocenters. The number of nitrogens with zero attached hydrogens (tertiary/aromatic N) is 3. The van der Waals surface area contributed by atoms with Gasteiger partial charge in [0.05, 0.1) is 10.3 Å². The van der Waals surface area contributed by atoms with Gasteiger partial charge in [-0.3, -0.25) is 0 Å². The number of fused-ring (bicyclic) bond motifs is 1. The van der Waals surface area contributed by atoms with Gasteiger partial charge in [0, 0.05) is 46.6 Å². The number of carboxylic acid groups (broad SMARTS) is 1. The number of carbonyl (C=O) groups is 1. The number of anilines is 1. The highest BCUT2D eigenvalue weighted by Gasteiger charge is 2.36. The van der Waals surface area contributed by atoms with Crippen molar-refractivity contribution in [3.63, 3.8) is 0 Å². The average molecular weight is 642 g/mol. The van der Waals surface area contributed by atoms with E-state index in [0.717, 1.165) is 41.9 Å². The number of carboxylic acids is 1. The maximum Gasteiger partial charge on any atom is 0.573 e. The summed E-state index contributed by atoms with van der Waals surface area (Å²) < 4.78 is 60.0. The number of alkyl halides is 3. The van der Waals surface area contributed by atoms with Crippen LogP contribution in [0.3, 0.4) is 0 Å². The van der Waals surface area contributed by atoms with Gasteiger partial charge < -0.3 is 24.0 Å². The van der Waals surface area contributed by atoms with Crippen LogP contribution in [0, 0.1) is 0 Å². The van der Waals surface area contributed by atoms with Gasteiger partial charge >= 0.3 is 12.3 Å². The Morgan fingerprint density at radius 1 is 1.09 bits per heavy atom. The molecule has 2 aromatic heterocycles. The molecule has 2 aliphatic rings. The van der Waals surface area contributed by atoms with Gasteiger partial charge in [0.25, 0.3) is 0 Å². The Kier molecular flexibility index (Phi) is 7.13. The van der Waals surface area contributed by atoms with Crippen LogP contribution in [-0.2, 0) is 6.61 Å². The molecule has 5 aromatic rings. The third-order valence-electron chi connectivity index (χ3n) is 7.83. The maximum atomic E-state index is 13.1. The van der Waals surface area contributed by atoms with Crippen LogP contribution in [-0.4, -0.2) is 40.1 Å². The third kappa shape index (κ3) is 5.55. The van der Waals surface area contributed by atoms with E-state index in [2.05, 4.69) is 19.2 Å². The molecule has 1 aliphatic heterocycles. The molecule has 13 heteroatoms. The van der Waals surface area contributed by atoms with Crippen LogP contribution in [0.25, 0.3) is 21.3 Å². The van der Waals surface area contributed by atoms with Crippen molar-refractivity contribution in [3.05, 3.63) is 88.3 Å². The molecule has 0 radical (unpaired) electrons. The Labute approximate surface area is 257 Å². The molecule has 0 bridgehead atoms. The van der Waals surface area contributed by atoms with E-state index in [1.54, 1.807) is 18.2 Å². The first kappa shape index (κ1) is 28.5. The van der Waals surface area contributed by atoms with E-state index in [9.17, 15) is 23.1 Å². The molecule has 3 aromatic carbocycles. The summed E-state index contributed by atoms with van der Waals surface area (Å²) in [6.45, 7) is 1.51. The third-order valence-corrected chi connectivity index (χ3v) is 8.97. The zero-order valence-electron chi connectivity index (χ0n) is 22.8.